The standard InChI is InChI=1S/C11H16F3N3/c1-16-5-3-8(11(12,13)14)7-10(16)9-4-6-17(2)15-9/h4,6,8,10H,3,5,7H2,1-2H3/t8-,10+/m1/s1. The lowest BCUT2D eigenvalue weighted by Gasteiger charge is -2.36. The van der Waals surface area contributed by atoms with Crippen molar-refractivity contribution in [2.24, 2.45) is 13.0 Å². The molecular weight excluding hydrogens is 231 g/mol. The predicted molar refractivity (Wildman–Crippen MR) is 57.4 cm³/mol. The van der Waals surface area contributed by atoms with E-state index < -0.39 is 12.1 Å². The van der Waals surface area contributed by atoms with Crippen LogP contribution in [0.25, 0.3) is 0 Å². The van der Waals surface area contributed by atoms with Crippen molar-refractivity contribution < 1.29 is 13.2 Å². The molecule has 1 aromatic heterocycles. The van der Waals surface area contributed by atoms with Crippen LogP contribution < -0.4 is 0 Å². The van der Waals surface area contributed by atoms with Crippen LogP contribution in [0, 0.1) is 5.92 Å². The Morgan fingerprint density at radius 3 is 2.59 bits per heavy atom. The van der Waals surface area contributed by atoms with E-state index in [1.54, 1.807) is 24.0 Å². The molecule has 0 aliphatic carbocycles. The van der Waals surface area contributed by atoms with Crippen molar-refractivity contribution in [3.05, 3.63) is 18.0 Å². The fourth-order valence-corrected chi connectivity index (χ4v) is 2.34. The molecule has 6 heteroatoms. The first-order valence-electron chi connectivity index (χ1n) is 5.64. The minimum absolute atomic E-state index is 0.108. The van der Waals surface area contributed by atoms with Gasteiger partial charge in [-0.05, 0) is 32.5 Å². The van der Waals surface area contributed by atoms with Crippen molar-refractivity contribution in [2.45, 2.75) is 25.1 Å². The Morgan fingerprint density at radius 1 is 1.35 bits per heavy atom. The number of hydrogen-bond donors (Lipinski definition) is 0. The van der Waals surface area contributed by atoms with Crippen molar-refractivity contribution in [3.63, 3.8) is 0 Å². The highest BCUT2D eigenvalue weighted by Crippen LogP contribution is 2.40. The summed E-state index contributed by atoms with van der Waals surface area (Å²) in [5.74, 6) is -1.20. The smallest absolute Gasteiger partial charge is 0.298 e. The second kappa shape index (κ2) is 4.33. The highest BCUT2D eigenvalue weighted by Gasteiger charge is 2.44. The molecule has 1 saturated heterocycles. The van der Waals surface area contributed by atoms with Crippen LogP contribution in [0.1, 0.15) is 24.6 Å². The Bertz CT molecular complexity index is 386. The minimum Gasteiger partial charge on any atom is -0.298 e. The first kappa shape index (κ1) is 12.4. The van der Waals surface area contributed by atoms with E-state index >= 15 is 0 Å². The van der Waals surface area contributed by atoms with E-state index in [-0.39, 0.29) is 18.9 Å². The molecule has 0 N–H and O–H groups in total. The van der Waals surface area contributed by atoms with Gasteiger partial charge in [-0.3, -0.25) is 9.58 Å². The second-order valence-electron chi connectivity index (χ2n) is 4.67. The van der Waals surface area contributed by atoms with Gasteiger partial charge in [0.05, 0.1) is 17.7 Å². The van der Waals surface area contributed by atoms with Crippen LogP contribution in [-0.4, -0.2) is 34.4 Å². The molecule has 0 aromatic carbocycles. The molecule has 17 heavy (non-hydrogen) atoms. The molecule has 0 spiro atoms. The molecule has 0 saturated carbocycles. The lowest BCUT2D eigenvalue weighted by molar-refractivity contribution is -0.189. The number of hydrogen-bond acceptors (Lipinski definition) is 2. The van der Waals surface area contributed by atoms with Gasteiger partial charge in [0.2, 0.25) is 0 Å². The molecule has 2 rings (SSSR count). The Hall–Kier alpha value is -1.04. The number of likely N-dealkylation sites (tertiary alicyclic amines) is 1. The van der Waals surface area contributed by atoms with Crippen LogP contribution in [-0.2, 0) is 7.05 Å². The van der Waals surface area contributed by atoms with Crippen LogP contribution in [0.4, 0.5) is 13.2 Å². The fourth-order valence-electron chi connectivity index (χ4n) is 2.34. The van der Waals surface area contributed by atoms with Crippen LogP contribution in [0.15, 0.2) is 12.3 Å². The molecule has 96 valence electrons. The largest absolute Gasteiger partial charge is 0.391 e. The maximum absolute atomic E-state index is 12.7. The number of piperidine rings is 1. The summed E-state index contributed by atoms with van der Waals surface area (Å²) in [6.45, 7) is 0.464. The van der Waals surface area contributed by atoms with E-state index in [2.05, 4.69) is 5.10 Å². The van der Waals surface area contributed by atoms with E-state index in [1.807, 2.05) is 11.9 Å². The van der Waals surface area contributed by atoms with Gasteiger partial charge in [-0.25, -0.2) is 0 Å². The van der Waals surface area contributed by atoms with Gasteiger partial charge in [-0.2, -0.15) is 18.3 Å². The zero-order valence-corrected chi connectivity index (χ0v) is 9.91. The lowest BCUT2D eigenvalue weighted by atomic mass is 9.89. The number of aromatic nitrogens is 2. The Balaban J connectivity index is 2.15. The molecular formula is C11H16F3N3. The summed E-state index contributed by atoms with van der Waals surface area (Å²) in [4.78, 5) is 1.95. The number of rotatable bonds is 1. The maximum atomic E-state index is 12.7. The lowest BCUT2D eigenvalue weighted by Crippen LogP contribution is -2.39. The van der Waals surface area contributed by atoms with E-state index in [0.717, 1.165) is 5.69 Å². The Labute approximate surface area is 98.2 Å². The van der Waals surface area contributed by atoms with Crippen LogP contribution in [0.2, 0.25) is 0 Å². The van der Waals surface area contributed by atoms with Crippen LogP contribution >= 0.6 is 0 Å². The van der Waals surface area contributed by atoms with Crippen LogP contribution in [0.5, 0.6) is 0 Å². The monoisotopic (exact) mass is 247 g/mol. The number of nitrogens with zero attached hydrogens (tertiary/aromatic N) is 3. The van der Waals surface area contributed by atoms with Crippen molar-refractivity contribution in [1.82, 2.24) is 14.7 Å². The minimum atomic E-state index is -4.09. The Morgan fingerprint density at radius 2 is 2.06 bits per heavy atom. The third-order valence-corrected chi connectivity index (χ3v) is 3.41. The number of alkyl halides is 3. The number of halogens is 3. The predicted octanol–water partition coefficient (Wildman–Crippen LogP) is 2.37. The zero-order chi connectivity index (χ0) is 12.6. The topological polar surface area (TPSA) is 21.1 Å². The first-order valence-corrected chi connectivity index (χ1v) is 5.64. The van der Waals surface area contributed by atoms with Gasteiger partial charge in [0.1, 0.15) is 0 Å². The quantitative estimate of drug-likeness (QED) is 0.759. The van der Waals surface area contributed by atoms with Gasteiger partial charge >= 0.3 is 6.18 Å². The SMILES string of the molecule is CN1CC[C@@H](C(F)(F)F)C[C@H]1c1ccn(C)n1. The zero-order valence-electron chi connectivity index (χ0n) is 9.91. The molecule has 1 aliphatic heterocycles. The van der Waals surface area contributed by atoms with Crippen LogP contribution in [0.3, 0.4) is 0 Å². The van der Waals surface area contributed by atoms with Crippen molar-refractivity contribution in [2.75, 3.05) is 13.6 Å². The van der Waals surface area contributed by atoms with Gasteiger partial charge in [0.25, 0.3) is 0 Å². The van der Waals surface area contributed by atoms with E-state index in [1.165, 1.54) is 0 Å². The highest BCUT2D eigenvalue weighted by atomic mass is 19.4. The van der Waals surface area contributed by atoms with Gasteiger partial charge < -0.3 is 0 Å². The Kier molecular flexibility index (Phi) is 3.16. The maximum Gasteiger partial charge on any atom is 0.391 e. The van der Waals surface area contributed by atoms with E-state index in [0.29, 0.717) is 6.54 Å². The molecule has 0 bridgehead atoms. The fraction of sp³-hybridized carbons (Fsp3) is 0.727. The number of aryl methyl sites for hydroxylation is 1. The summed E-state index contributed by atoms with van der Waals surface area (Å²) >= 11 is 0. The molecule has 0 radical (unpaired) electrons. The normalized spacial score (nSPS) is 27.4. The van der Waals surface area contributed by atoms with Gasteiger partial charge in [0, 0.05) is 13.2 Å². The van der Waals surface area contributed by atoms with Crippen molar-refractivity contribution in [1.29, 1.82) is 0 Å². The van der Waals surface area contributed by atoms with Crippen molar-refractivity contribution >= 4 is 0 Å². The molecule has 1 aromatic rings. The van der Waals surface area contributed by atoms with E-state index in [4.69, 9.17) is 0 Å². The third kappa shape index (κ3) is 2.62. The van der Waals surface area contributed by atoms with Gasteiger partial charge in [0.15, 0.2) is 0 Å². The molecule has 3 nitrogen and oxygen atoms in total. The van der Waals surface area contributed by atoms with Gasteiger partial charge in [-0.1, -0.05) is 0 Å². The molecule has 1 aliphatic rings. The summed E-state index contributed by atoms with van der Waals surface area (Å²) in [6.07, 6.45) is -2.03. The summed E-state index contributed by atoms with van der Waals surface area (Å²) in [5, 5.41) is 4.21. The third-order valence-electron chi connectivity index (χ3n) is 3.41. The average Bonchev–Trinajstić information content (AvgIpc) is 2.63. The summed E-state index contributed by atoms with van der Waals surface area (Å²) in [7, 11) is 3.62. The first-order chi connectivity index (χ1) is 7.88. The summed E-state index contributed by atoms with van der Waals surface area (Å²) in [5.41, 5.74) is 0.726. The molecule has 2 atom stereocenters. The van der Waals surface area contributed by atoms with Crippen molar-refractivity contribution in [3.8, 4) is 0 Å². The highest BCUT2D eigenvalue weighted by molar-refractivity contribution is 5.07. The molecule has 0 amide bonds. The molecule has 2 heterocycles. The summed E-state index contributed by atoms with van der Waals surface area (Å²) in [6, 6.07) is 1.57. The molecule has 0 unspecified atom stereocenters. The van der Waals surface area contributed by atoms with E-state index in [9.17, 15) is 13.2 Å². The average molecular weight is 247 g/mol. The van der Waals surface area contributed by atoms with Gasteiger partial charge in [-0.15, -0.1) is 0 Å². The molecule has 1 fully saturated rings. The summed E-state index contributed by atoms with van der Waals surface area (Å²) < 4.78 is 39.8. The second-order valence-corrected chi connectivity index (χ2v) is 4.67.